The predicted octanol–water partition coefficient (Wildman–Crippen LogP) is 1.02. The Labute approximate surface area is 100 Å². The first-order valence-corrected chi connectivity index (χ1v) is 6.35. The van der Waals surface area contributed by atoms with Crippen molar-refractivity contribution in [2.75, 3.05) is 12.3 Å². The smallest absolute Gasteiger partial charge is 0.243 e. The van der Waals surface area contributed by atoms with Crippen molar-refractivity contribution in [2.24, 2.45) is 0 Å². The van der Waals surface area contributed by atoms with Crippen molar-refractivity contribution in [1.82, 2.24) is 4.72 Å². The minimum atomic E-state index is -3.91. The average molecular weight is 256 g/mol. The minimum absolute atomic E-state index is 0.0616. The fraction of sp³-hybridized carbons (Fsp3) is 0.273. The summed E-state index contributed by atoms with van der Waals surface area (Å²) in [6, 6.07) is 2.45. The number of anilines is 1. The summed E-state index contributed by atoms with van der Waals surface area (Å²) in [4.78, 5) is -0.452. The third-order valence-corrected chi connectivity index (χ3v) is 3.55. The molecule has 17 heavy (non-hydrogen) atoms. The molecule has 0 radical (unpaired) electrons. The van der Waals surface area contributed by atoms with Gasteiger partial charge in [0.1, 0.15) is 10.7 Å². The second-order valence-electron chi connectivity index (χ2n) is 3.50. The van der Waals surface area contributed by atoms with Crippen molar-refractivity contribution in [3.8, 4) is 12.3 Å². The highest BCUT2D eigenvalue weighted by molar-refractivity contribution is 7.89. The van der Waals surface area contributed by atoms with Crippen LogP contribution in [0.3, 0.4) is 0 Å². The minimum Gasteiger partial charge on any atom is -0.399 e. The Morgan fingerprint density at radius 2 is 2.18 bits per heavy atom. The number of benzene rings is 1. The van der Waals surface area contributed by atoms with Crippen LogP contribution in [0.5, 0.6) is 0 Å². The summed E-state index contributed by atoms with van der Waals surface area (Å²) < 4.78 is 39.4. The number of halogens is 1. The average Bonchev–Trinajstić information content (AvgIpc) is 2.23. The van der Waals surface area contributed by atoms with Gasteiger partial charge in [0, 0.05) is 18.7 Å². The molecular weight excluding hydrogens is 243 g/mol. The summed E-state index contributed by atoms with van der Waals surface area (Å²) in [7, 11) is -3.91. The summed E-state index contributed by atoms with van der Waals surface area (Å²) in [5.41, 5.74) is 5.87. The van der Waals surface area contributed by atoms with Crippen molar-refractivity contribution < 1.29 is 12.8 Å². The Kier molecular flexibility index (Phi) is 4.10. The number of nitrogens with one attached hydrogen (secondary N) is 1. The third-order valence-electron chi connectivity index (χ3n) is 2.09. The van der Waals surface area contributed by atoms with Gasteiger partial charge in [-0.15, -0.1) is 12.3 Å². The van der Waals surface area contributed by atoms with E-state index >= 15 is 0 Å². The number of nitrogen functional groups attached to an aromatic ring is 1. The van der Waals surface area contributed by atoms with Crippen LogP contribution >= 0.6 is 0 Å². The topological polar surface area (TPSA) is 72.2 Å². The van der Waals surface area contributed by atoms with E-state index in [2.05, 4.69) is 10.6 Å². The summed E-state index contributed by atoms with van der Waals surface area (Å²) >= 11 is 0. The van der Waals surface area contributed by atoms with E-state index in [-0.39, 0.29) is 24.2 Å². The lowest BCUT2D eigenvalue weighted by molar-refractivity contribution is 0.554. The van der Waals surface area contributed by atoms with Crippen molar-refractivity contribution in [2.45, 2.75) is 18.2 Å². The summed E-state index contributed by atoms with van der Waals surface area (Å²) in [6.07, 6.45) is 5.23. The summed E-state index contributed by atoms with van der Waals surface area (Å²) in [6.45, 7) is 1.51. The Bertz CT molecular complexity index is 562. The molecule has 0 atom stereocenters. The van der Waals surface area contributed by atoms with Gasteiger partial charge in [0.05, 0.1) is 0 Å². The zero-order valence-corrected chi connectivity index (χ0v) is 10.1. The number of sulfonamides is 1. The van der Waals surface area contributed by atoms with E-state index in [1.807, 2.05) is 0 Å². The molecule has 1 aromatic carbocycles. The van der Waals surface area contributed by atoms with E-state index in [0.717, 1.165) is 6.07 Å². The van der Waals surface area contributed by atoms with Gasteiger partial charge < -0.3 is 5.73 Å². The van der Waals surface area contributed by atoms with Crippen LogP contribution in [0.4, 0.5) is 10.1 Å². The first kappa shape index (κ1) is 13.5. The lowest BCUT2D eigenvalue weighted by atomic mass is 10.2. The molecule has 0 unspecified atom stereocenters. The molecule has 0 aromatic heterocycles. The molecule has 6 heteroatoms. The number of nitrogens with two attached hydrogens (primary N) is 1. The van der Waals surface area contributed by atoms with E-state index in [0.29, 0.717) is 0 Å². The molecular formula is C11H13FN2O2S. The monoisotopic (exact) mass is 256 g/mol. The van der Waals surface area contributed by atoms with Crippen LogP contribution < -0.4 is 10.5 Å². The normalized spacial score (nSPS) is 11.1. The Morgan fingerprint density at radius 3 is 2.76 bits per heavy atom. The van der Waals surface area contributed by atoms with Gasteiger partial charge in [0.15, 0.2) is 0 Å². The van der Waals surface area contributed by atoms with Gasteiger partial charge in [-0.1, -0.05) is 0 Å². The van der Waals surface area contributed by atoms with Crippen LogP contribution in [0, 0.1) is 25.1 Å². The van der Waals surface area contributed by atoms with E-state index in [1.54, 1.807) is 0 Å². The second-order valence-corrected chi connectivity index (χ2v) is 5.24. The van der Waals surface area contributed by atoms with Crippen LogP contribution in [0.1, 0.15) is 12.0 Å². The number of rotatable bonds is 4. The van der Waals surface area contributed by atoms with Crippen molar-refractivity contribution in [3.63, 3.8) is 0 Å². The highest BCUT2D eigenvalue weighted by atomic mass is 32.2. The zero-order chi connectivity index (χ0) is 13.1. The standard InChI is InChI=1S/C11H13FN2O2S/c1-3-4-5-14-17(15,16)10-7-9(13)6-8(2)11(10)12/h1,6-7,14H,4-5,13H2,2H3. The number of hydrogen-bond acceptors (Lipinski definition) is 3. The summed E-state index contributed by atoms with van der Waals surface area (Å²) in [5.74, 6) is 1.49. The van der Waals surface area contributed by atoms with Crippen molar-refractivity contribution in [1.29, 1.82) is 0 Å². The van der Waals surface area contributed by atoms with E-state index in [9.17, 15) is 12.8 Å². The van der Waals surface area contributed by atoms with Gasteiger partial charge in [-0.25, -0.2) is 17.5 Å². The molecule has 0 bridgehead atoms. The first-order valence-electron chi connectivity index (χ1n) is 4.87. The van der Waals surface area contributed by atoms with Gasteiger partial charge in [-0.05, 0) is 24.6 Å². The molecule has 0 heterocycles. The molecule has 1 aromatic rings. The molecule has 0 aliphatic rings. The Balaban J connectivity index is 3.12. The maximum atomic E-state index is 13.7. The van der Waals surface area contributed by atoms with E-state index in [4.69, 9.17) is 12.2 Å². The van der Waals surface area contributed by atoms with Crippen LogP contribution in [0.25, 0.3) is 0 Å². The number of aryl methyl sites for hydroxylation is 1. The maximum absolute atomic E-state index is 13.7. The van der Waals surface area contributed by atoms with Gasteiger partial charge in [-0.2, -0.15) is 0 Å². The molecule has 0 amide bonds. The van der Waals surface area contributed by atoms with Crippen LogP contribution in [-0.4, -0.2) is 15.0 Å². The first-order chi connectivity index (χ1) is 7.88. The highest BCUT2D eigenvalue weighted by Crippen LogP contribution is 2.21. The molecule has 3 N–H and O–H groups in total. The van der Waals surface area contributed by atoms with Gasteiger partial charge in [-0.3, -0.25) is 0 Å². The van der Waals surface area contributed by atoms with E-state index < -0.39 is 20.7 Å². The van der Waals surface area contributed by atoms with Crippen molar-refractivity contribution in [3.05, 3.63) is 23.5 Å². The molecule has 0 spiro atoms. The van der Waals surface area contributed by atoms with Gasteiger partial charge in [0.25, 0.3) is 0 Å². The Morgan fingerprint density at radius 1 is 1.53 bits per heavy atom. The quantitative estimate of drug-likeness (QED) is 0.480. The summed E-state index contributed by atoms with van der Waals surface area (Å²) in [5, 5.41) is 0. The maximum Gasteiger partial charge on any atom is 0.243 e. The molecule has 0 aliphatic heterocycles. The molecule has 0 fully saturated rings. The number of hydrogen-bond donors (Lipinski definition) is 2. The highest BCUT2D eigenvalue weighted by Gasteiger charge is 2.20. The lowest BCUT2D eigenvalue weighted by Crippen LogP contribution is -2.25. The SMILES string of the molecule is C#CCCNS(=O)(=O)c1cc(N)cc(C)c1F. The molecule has 4 nitrogen and oxygen atoms in total. The molecule has 92 valence electrons. The lowest BCUT2D eigenvalue weighted by Gasteiger charge is -2.09. The fourth-order valence-corrected chi connectivity index (χ4v) is 2.51. The second kappa shape index (κ2) is 5.17. The largest absolute Gasteiger partial charge is 0.399 e. The van der Waals surface area contributed by atoms with Gasteiger partial charge in [0.2, 0.25) is 10.0 Å². The van der Waals surface area contributed by atoms with Crippen LogP contribution in [-0.2, 0) is 10.0 Å². The molecule has 0 aliphatic carbocycles. The predicted molar refractivity (Wildman–Crippen MR) is 64.2 cm³/mol. The zero-order valence-electron chi connectivity index (χ0n) is 9.33. The van der Waals surface area contributed by atoms with Crippen LogP contribution in [0.2, 0.25) is 0 Å². The number of terminal acetylenes is 1. The van der Waals surface area contributed by atoms with Crippen molar-refractivity contribution >= 4 is 15.7 Å². The molecule has 0 saturated carbocycles. The molecule has 1 rings (SSSR count). The fourth-order valence-electron chi connectivity index (χ4n) is 1.29. The van der Waals surface area contributed by atoms with E-state index in [1.165, 1.54) is 13.0 Å². The third kappa shape index (κ3) is 3.19. The Hall–Kier alpha value is -1.58. The van der Waals surface area contributed by atoms with Crippen LogP contribution in [0.15, 0.2) is 17.0 Å². The molecule has 0 saturated heterocycles. The van der Waals surface area contributed by atoms with Gasteiger partial charge >= 0.3 is 0 Å².